The molecule has 7 heteroatoms. The summed E-state index contributed by atoms with van der Waals surface area (Å²) in [6.45, 7) is 7.74. The molecule has 1 fully saturated rings. The van der Waals surface area contributed by atoms with Gasteiger partial charge in [0.15, 0.2) is 0 Å². The van der Waals surface area contributed by atoms with E-state index >= 15 is 0 Å². The molecule has 19 heavy (non-hydrogen) atoms. The summed E-state index contributed by atoms with van der Waals surface area (Å²) < 4.78 is 12.7. The van der Waals surface area contributed by atoms with E-state index in [1.807, 2.05) is 20.8 Å². The summed E-state index contributed by atoms with van der Waals surface area (Å²) in [6, 6.07) is 0. The average Bonchev–Trinajstić information content (AvgIpc) is 2.80. The van der Waals surface area contributed by atoms with E-state index in [0.29, 0.717) is 26.2 Å². The fourth-order valence-electron chi connectivity index (χ4n) is 1.86. The highest BCUT2D eigenvalue weighted by Gasteiger charge is 2.28. The highest BCUT2D eigenvalue weighted by atomic mass is 16.6. The van der Waals surface area contributed by atoms with Gasteiger partial charge in [-0.25, -0.2) is 9.48 Å². The molecule has 106 valence electrons. The van der Waals surface area contributed by atoms with Crippen LogP contribution in [0.25, 0.3) is 0 Å². The Hall–Kier alpha value is -1.63. The maximum absolute atomic E-state index is 12.0. The molecule has 0 spiro atoms. The first kappa shape index (κ1) is 13.8. The van der Waals surface area contributed by atoms with Crippen LogP contribution >= 0.6 is 0 Å². The highest BCUT2D eigenvalue weighted by Crippen LogP contribution is 2.13. The van der Waals surface area contributed by atoms with Gasteiger partial charge in [-0.3, -0.25) is 0 Å². The van der Waals surface area contributed by atoms with Crippen LogP contribution in [0.15, 0.2) is 12.4 Å². The van der Waals surface area contributed by atoms with E-state index in [4.69, 9.17) is 9.47 Å². The maximum Gasteiger partial charge on any atom is 0.410 e. The van der Waals surface area contributed by atoms with Crippen LogP contribution in [-0.4, -0.2) is 57.4 Å². The van der Waals surface area contributed by atoms with Gasteiger partial charge in [0.05, 0.1) is 32.0 Å². The van der Waals surface area contributed by atoms with Gasteiger partial charge in [0, 0.05) is 12.7 Å². The van der Waals surface area contributed by atoms with Gasteiger partial charge >= 0.3 is 6.09 Å². The fourth-order valence-corrected chi connectivity index (χ4v) is 1.86. The predicted octanol–water partition coefficient (Wildman–Crippen LogP) is 0.914. The Morgan fingerprint density at radius 1 is 1.53 bits per heavy atom. The molecule has 0 aliphatic carbocycles. The first-order chi connectivity index (χ1) is 8.94. The maximum atomic E-state index is 12.0. The molecule has 1 aliphatic heterocycles. The zero-order valence-electron chi connectivity index (χ0n) is 11.6. The molecular formula is C12H20N4O3. The van der Waals surface area contributed by atoms with Crippen LogP contribution in [0.1, 0.15) is 20.8 Å². The topological polar surface area (TPSA) is 69.5 Å². The number of nitrogens with zero attached hydrogens (tertiary/aromatic N) is 4. The van der Waals surface area contributed by atoms with E-state index in [-0.39, 0.29) is 12.2 Å². The normalized spacial score (nSPS) is 20.4. The van der Waals surface area contributed by atoms with Gasteiger partial charge in [-0.05, 0) is 20.8 Å². The Morgan fingerprint density at radius 2 is 2.32 bits per heavy atom. The van der Waals surface area contributed by atoms with Gasteiger partial charge in [0.25, 0.3) is 0 Å². The second-order valence-corrected chi connectivity index (χ2v) is 5.54. The Kier molecular flexibility index (Phi) is 4.04. The minimum absolute atomic E-state index is 0.0806. The number of ether oxygens (including phenoxy) is 2. The summed E-state index contributed by atoms with van der Waals surface area (Å²) in [6.07, 6.45) is 3.02. The Labute approximate surface area is 112 Å². The van der Waals surface area contributed by atoms with Crippen molar-refractivity contribution < 1.29 is 14.3 Å². The number of morpholine rings is 1. The minimum Gasteiger partial charge on any atom is -0.444 e. The molecule has 1 atom stereocenters. The Morgan fingerprint density at radius 3 is 2.95 bits per heavy atom. The van der Waals surface area contributed by atoms with Gasteiger partial charge < -0.3 is 14.4 Å². The van der Waals surface area contributed by atoms with E-state index < -0.39 is 5.60 Å². The summed E-state index contributed by atoms with van der Waals surface area (Å²) in [5.41, 5.74) is -0.475. The van der Waals surface area contributed by atoms with Crippen LogP contribution in [0.3, 0.4) is 0 Å². The standard InChI is InChI=1S/C12H20N4O3/c1-12(2,3)19-11(17)15-6-7-18-10(8-15)9-16-5-4-13-14-16/h4-5,10H,6-9H2,1-3H3/t10-/m0/s1. The fraction of sp³-hybridized carbons (Fsp3) is 0.750. The number of hydrogen-bond acceptors (Lipinski definition) is 5. The third-order valence-corrected chi connectivity index (χ3v) is 2.65. The van der Waals surface area contributed by atoms with E-state index in [9.17, 15) is 4.79 Å². The molecule has 1 amide bonds. The summed E-state index contributed by atoms with van der Waals surface area (Å²) in [5, 5.41) is 7.63. The molecule has 2 rings (SSSR count). The lowest BCUT2D eigenvalue weighted by atomic mass is 10.2. The summed E-state index contributed by atoms with van der Waals surface area (Å²) in [4.78, 5) is 13.7. The van der Waals surface area contributed by atoms with Gasteiger partial charge in [0.2, 0.25) is 0 Å². The van der Waals surface area contributed by atoms with Crippen molar-refractivity contribution in [2.75, 3.05) is 19.7 Å². The highest BCUT2D eigenvalue weighted by molar-refractivity contribution is 5.68. The smallest absolute Gasteiger partial charge is 0.410 e. The van der Waals surface area contributed by atoms with Crippen molar-refractivity contribution in [1.29, 1.82) is 0 Å². The van der Waals surface area contributed by atoms with Gasteiger partial charge in [-0.1, -0.05) is 5.21 Å². The second kappa shape index (κ2) is 5.56. The summed E-state index contributed by atoms with van der Waals surface area (Å²) >= 11 is 0. The third kappa shape index (κ3) is 4.20. The Balaban J connectivity index is 1.88. The van der Waals surface area contributed by atoms with Crippen LogP contribution in [0, 0.1) is 0 Å². The molecule has 0 bridgehead atoms. The SMILES string of the molecule is CC(C)(C)OC(=O)N1CCO[C@H](Cn2ccnn2)C1. The van der Waals surface area contributed by atoms with Crippen molar-refractivity contribution in [2.45, 2.75) is 39.0 Å². The zero-order valence-corrected chi connectivity index (χ0v) is 11.6. The Bertz CT molecular complexity index is 413. The molecule has 0 saturated carbocycles. The van der Waals surface area contributed by atoms with Crippen molar-refractivity contribution in [3.63, 3.8) is 0 Å². The quantitative estimate of drug-likeness (QED) is 0.797. The number of aromatic nitrogens is 3. The van der Waals surface area contributed by atoms with Gasteiger partial charge in [-0.15, -0.1) is 5.10 Å². The van der Waals surface area contributed by atoms with Crippen LogP contribution in [0.5, 0.6) is 0 Å². The van der Waals surface area contributed by atoms with Crippen molar-refractivity contribution in [2.24, 2.45) is 0 Å². The molecule has 0 N–H and O–H groups in total. The lowest BCUT2D eigenvalue weighted by Gasteiger charge is -2.34. The molecule has 0 radical (unpaired) electrons. The van der Waals surface area contributed by atoms with Crippen LogP contribution in [0.4, 0.5) is 4.79 Å². The molecular weight excluding hydrogens is 248 g/mol. The van der Waals surface area contributed by atoms with E-state index in [1.165, 1.54) is 0 Å². The first-order valence-electron chi connectivity index (χ1n) is 6.38. The molecule has 1 saturated heterocycles. The molecule has 1 aromatic rings. The number of rotatable bonds is 2. The molecule has 0 unspecified atom stereocenters. The van der Waals surface area contributed by atoms with Crippen molar-refractivity contribution in [1.82, 2.24) is 19.9 Å². The van der Waals surface area contributed by atoms with Gasteiger partial charge in [-0.2, -0.15) is 0 Å². The number of carbonyl (C=O) groups excluding carboxylic acids is 1. The van der Waals surface area contributed by atoms with Crippen LogP contribution < -0.4 is 0 Å². The zero-order chi connectivity index (χ0) is 13.9. The molecule has 1 aromatic heterocycles. The molecule has 7 nitrogen and oxygen atoms in total. The lowest BCUT2D eigenvalue weighted by Crippen LogP contribution is -2.48. The number of hydrogen-bond donors (Lipinski definition) is 0. The monoisotopic (exact) mass is 268 g/mol. The molecule has 2 heterocycles. The summed E-state index contributed by atoms with van der Waals surface area (Å²) in [5.74, 6) is 0. The van der Waals surface area contributed by atoms with Crippen molar-refractivity contribution >= 4 is 6.09 Å². The van der Waals surface area contributed by atoms with E-state index in [0.717, 1.165) is 0 Å². The van der Waals surface area contributed by atoms with E-state index in [2.05, 4.69) is 10.3 Å². The summed E-state index contributed by atoms with van der Waals surface area (Å²) in [7, 11) is 0. The number of amides is 1. The second-order valence-electron chi connectivity index (χ2n) is 5.54. The molecule has 0 aromatic carbocycles. The lowest BCUT2D eigenvalue weighted by molar-refractivity contribution is -0.0484. The minimum atomic E-state index is -0.475. The molecule has 1 aliphatic rings. The van der Waals surface area contributed by atoms with E-state index in [1.54, 1.807) is 22.0 Å². The first-order valence-corrected chi connectivity index (χ1v) is 6.38. The average molecular weight is 268 g/mol. The van der Waals surface area contributed by atoms with Crippen molar-refractivity contribution in [3.8, 4) is 0 Å². The predicted molar refractivity (Wildman–Crippen MR) is 67.6 cm³/mol. The number of carbonyl (C=O) groups is 1. The largest absolute Gasteiger partial charge is 0.444 e. The van der Waals surface area contributed by atoms with Crippen molar-refractivity contribution in [3.05, 3.63) is 12.4 Å². The third-order valence-electron chi connectivity index (χ3n) is 2.65. The van der Waals surface area contributed by atoms with Crippen LogP contribution in [-0.2, 0) is 16.0 Å². The van der Waals surface area contributed by atoms with Gasteiger partial charge in [0.1, 0.15) is 5.60 Å². The van der Waals surface area contributed by atoms with Crippen LogP contribution in [0.2, 0.25) is 0 Å².